The van der Waals surface area contributed by atoms with Crippen molar-refractivity contribution >= 4 is 23.4 Å². The summed E-state index contributed by atoms with van der Waals surface area (Å²) in [7, 11) is 1.82. The number of hydrogen-bond donors (Lipinski definition) is 1. The van der Waals surface area contributed by atoms with Gasteiger partial charge >= 0.3 is 6.01 Å². The number of benzene rings is 1. The zero-order valence-corrected chi connectivity index (χ0v) is 22.6. The molecular weight excluding hydrogens is 513 g/mol. The van der Waals surface area contributed by atoms with Crippen molar-refractivity contribution in [2.75, 3.05) is 29.9 Å². The van der Waals surface area contributed by atoms with Crippen LogP contribution in [0.5, 0.6) is 11.8 Å². The Bertz CT molecular complexity index is 1540. The molecule has 1 aliphatic rings. The van der Waals surface area contributed by atoms with E-state index in [4.69, 9.17) is 9.72 Å². The second kappa shape index (κ2) is 11.5. The number of ether oxygens (including phenoxy) is 1. The van der Waals surface area contributed by atoms with Crippen LogP contribution in [0.4, 0.5) is 21.8 Å². The summed E-state index contributed by atoms with van der Waals surface area (Å²) >= 11 is 0. The van der Waals surface area contributed by atoms with Gasteiger partial charge in [-0.05, 0) is 43.2 Å². The average Bonchev–Trinajstić information content (AvgIpc) is 3.37. The predicted octanol–water partition coefficient (Wildman–Crippen LogP) is 4.26. The van der Waals surface area contributed by atoms with Crippen molar-refractivity contribution in [2.45, 2.75) is 26.3 Å². The van der Waals surface area contributed by atoms with Crippen LogP contribution in [0, 0.1) is 12.7 Å². The lowest BCUT2D eigenvalue weighted by Crippen LogP contribution is -2.55. The van der Waals surface area contributed by atoms with Crippen LogP contribution in [0.3, 0.4) is 0 Å². The van der Waals surface area contributed by atoms with Crippen LogP contribution in [0.1, 0.15) is 19.0 Å². The van der Waals surface area contributed by atoms with Crippen LogP contribution >= 0.6 is 0 Å². The summed E-state index contributed by atoms with van der Waals surface area (Å²) in [5.41, 5.74) is 2.67. The van der Waals surface area contributed by atoms with E-state index in [1.54, 1.807) is 42.3 Å². The topological polar surface area (TPSA) is 114 Å². The van der Waals surface area contributed by atoms with Gasteiger partial charge in [0.15, 0.2) is 11.6 Å². The zero-order valence-electron chi connectivity index (χ0n) is 22.6. The molecule has 12 heteroatoms. The second-order valence-corrected chi connectivity index (χ2v) is 9.43. The van der Waals surface area contributed by atoms with Gasteiger partial charge in [0, 0.05) is 62.6 Å². The normalized spacial score (nSPS) is 15.2. The molecule has 5 rings (SSSR count). The molecule has 0 aliphatic carbocycles. The Hall–Kier alpha value is -4.87. The van der Waals surface area contributed by atoms with Crippen LogP contribution < -0.4 is 15.0 Å². The summed E-state index contributed by atoms with van der Waals surface area (Å²) in [5, 5.41) is 7.36. The highest BCUT2D eigenvalue weighted by molar-refractivity contribution is 5.87. The molecule has 4 heterocycles. The van der Waals surface area contributed by atoms with Gasteiger partial charge in [-0.3, -0.25) is 9.48 Å². The lowest BCUT2D eigenvalue weighted by atomic mass is 10.0. The maximum absolute atomic E-state index is 15.3. The first kappa shape index (κ1) is 26.7. The zero-order chi connectivity index (χ0) is 28.2. The van der Waals surface area contributed by atoms with E-state index in [-0.39, 0.29) is 23.7 Å². The van der Waals surface area contributed by atoms with Gasteiger partial charge < -0.3 is 19.9 Å². The summed E-state index contributed by atoms with van der Waals surface area (Å²) in [4.78, 5) is 33.9. The molecule has 1 amide bonds. The molecule has 1 aliphatic heterocycles. The van der Waals surface area contributed by atoms with Gasteiger partial charge in [-0.15, -0.1) is 0 Å². The smallest absolute Gasteiger partial charge is 0.322 e. The Morgan fingerprint density at radius 2 is 2.08 bits per heavy atom. The third-order valence-electron chi connectivity index (χ3n) is 6.66. The summed E-state index contributed by atoms with van der Waals surface area (Å²) in [6, 6.07) is 6.45. The number of piperazine rings is 1. The van der Waals surface area contributed by atoms with E-state index >= 15 is 4.39 Å². The Balaban J connectivity index is 1.49. The molecule has 0 bridgehead atoms. The lowest BCUT2D eigenvalue weighted by molar-refractivity contribution is -0.128. The molecule has 206 valence electrons. The van der Waals surface area contributed by atoms with E-state index in [2.05, 4.69) is 36.8 Å². The Morgan fingerprint density at radius 1 is 1.23 bits per heavy atom. The highest BCUT2D eigenvalue weighted by atomic mass is 19.1. The van der Waals surface area contributed by atoms with Gasteiger partial charge in [0.05, 0.1) is 11.9 Å². The van der Waals surface area contributed by atoms with Gasteiger partial charge in [-0.2, -0.15) is 10.1 Å². The molecule has 3 aromatic heterocycles. The van der Waals surface area contributed by atoms with Gasteiger partial charge in [-0.25, -0.2) is 19.3 Å². The van der Waals surface area contributed by atoms with Gasteiger partial charge in [-0.1, -0.05) is 19.6 Å². The highest BCUT2D eigenvalue weighted by Crippen LogP contribution is 2.34. The molecule has 1 aromatic carbocycles. The van der Waals surface area contributed by atoms with E-state index in [0.717, 1.165) is 12.1 Å². The lowest BCUT2D eigenvalue weighted by Gasteiger charge is -2.41. The summed E-state index contributed by atoms with van der Waals surface area (Å²) in [6.45, 7) is 9.09. The van der Waals surface area contributed by atoms with E-state index in [9.17, 15) is 4.79 Å². The number of halogens is 1. The van der Waals surface area contributed by atoms with E-state index in [0.29, 0.717) is 48.2 Å². The number of amides is 1. The van der Waals surface area contributed by atoms with Crippen LogP contribution in [0.25, 0.3) is 11.1 Å². The van der Waals surface area contributed by atoms with Crippen molar-refractivity contribution in [1.29, 1.82) is 0 Å². The largest absolute Gasteiger partial charge is 0.421 e. The standard InChI is InChI=1S/C28H30FN9O2/c1-5-21-17-37(11-12-38(21)25(39)6-2)26-22(15-31-27(35-26)34-20-14-32-36(4)16-20)19-7-8-24(23(29)13-19)40-28-30-10-9-18(3)33-28/h6-10,13-16,21H,2,5,11-12,17H2,1,3-4H3,(H,31,34,35)/t21-/m1/s1. The molecule has 4 aromatic rings. The van der Waals surface area contributed by atoms with E-state index < -0.39 is 5.82 Å². The SMILES string of the molecule is C=CC(=O)N1CCN(c2nc(Nc3cnn(C)c3)ncc2-c2ccc(Oc3nccc(C)n3)c(F)c2)C[C@H]1CC. The van der Waals surface area contributed by atoms with Crippen molar-refractivity contribution in [3.63, 3.8) is 0 Å². The molecule has 0 spiro atoms. The number of nitrogens with zero attached hydrogens (tertiary/aromatic N) is 8. The van der Waals surface area contributed by atoms with Crippen molar-refractivity contribution < 1.29 is 13.9 Å². The first-order valence-corrected chi connectivity index (χ1v) is 12.9. The highest BCUT2D eigenvalue weighted by Gasteiger charge is 2.30. The number of carbonyl (C=O) groups excluding carboxylic acids is 1. The van der Waals surface area contributed by atoms with Gasteiger partial charge in [0.2, 0.25) is 11.9 Å². The number of hydrogen-bond acceptors (Lipinski definition) is 9. The number of nitrogens with one attached hydrogen (secondary N) is 1. The van der Waals surface area contributed by atoms with E-state index in [1.165, 1.54) is 18.2 Å². The molecule has 11 nitrogen and oxygen atoms in total. The number of rotatable bonds is 8. The molecule has 1 fully saturated rings. The van der Waals surface area contributed by atoms with Crippen LogP contribution in [0.15, 0.2) is 61.7 Å². The predicted molar refractivity (Wildman–Crippen MR) is 149 cm³/mol. The monoisotopic (exact) mass is 543 g/mol. The van der Waals surface area contributed by atoms with Crippen molar-refractivity contribution in [3.05, 3.63) is 73.2 Å². The number of aryl methyl sites for hydroxylation is 2. The summed E-state index contributed by atoms with van der Waals surface area (Å²) < 4.78 is 22.5. The minimum absolute atomic E-state index is 0.00859. The first-order valence-electron chi connectivity index (χ1n) is 12.9. The molecular formula is C28H30FN9O2. The Kier molecular flexibility index (Phi) is 7.67. The molecule has 1 saturated heterocycles. The maximum Gasteiger partial charge on any atom is 0.322 e. The molecule has 40 heavy (non-hydrogen) atoms. The maximum atomic E-state index is 15.3. The minimum Gasteiger partial charge on any atom is -0.421 e. The molecule has 1 N–H and O–H groups in total. The summed E-state index contributed by atoms with van der Waals surface area (Å²) in [5.74, 6) is 0.346. The first-order chi connectivity index (χ1) is 19.3. The number of anilines is 3. The fraction of sp³-hybridized carbons (Fsp3) is 0.286. The van der Waals surface area contributed by atoms with Gasteiger partial charge in [0.25, 0.3) is 0 Å². The third kappa shape index (κ3) is 5.75. The fourth-order valence-corrected chi connectivity index (χ4v) is 4.62. The third-order valence-corrected chi connectivity index (χ3v) is 6.66. The molecule has 0 radical (unpaired) electrons. The average molecular weight is 544 g/mol. The molecule has 0 unspecified atom stereocenters. The van der Waals surface area contributed by atoms with E-state index in [1.807, 2.05) is 25.1 Å². The van der Waals surface area contributed by atoms with Crippen molar-refractivity contribution in [3.8, 4) is 22.9 Å². The molecule has 0 saturated carbocycles. The van der Waals surface area contributed by atoms with Crippen LogP contribution in [0.2, 0.25) is 0 Å². The Labute approximate surface area is 231 Å². The number of carbonyl (C=O) groups is 1. The fourth-order valence-electron chi connectivity index (χ4n) is 4.62. The van der Waals surface area contributed by atoms with Crippen molar-refractivity contribution in [2.24, 2.45) is 7.05 Å². The minimum atomic E-state index is -0.570. The Morgan fingerprint density at radius 3 is 2.77 bits per heavy atom. The summed E-state index contributed by atoms with van der Waals surface area (Å²) in [6.07, 6.45) is 8.83. The van der Waals surface area contributed by atoms with Crippen LogP contribution in [-0.4, -0.2) is 66.2 Å². The second-order valence-electron chi connectivity index (χ2n) is 9.43. The molecule has 1 atom stereocenters. The van der Waals surface area contributed by atoms with Crippen molar-refractivity contribution in [1.82, 2.24) is 34.6 Å². The van der Waals surface area contributed by atoms with Crippen LogP contribution in [-0.2, 0) is 11.8 Å². The van der Waals surface area contributed by atoms with Gasteiger partial charge in [0.1, 0.15) is 5.82 Å². The number of aromatic nitrogens is 6. The quantitative estimate of drug-likeness (QED) is 0.326.